The first-order valence-corrected chi connectivity index (χ1v) is 5.40. The van der Waals surface area contributed by atoms with Gasteiger partial charge in [0.25, 0.3) is 5.69 Å². The molecular formula is C9H9Cl2N3O2. The minimum absolute atomic E-state index is 0.0501. The van der Waals surface area contributed by atoms with Gasteiger partial charge in [0, 0.05) is 18.2 Å². The third-order valence-corrected chi connectivity index (χ3v) is 3.14. The maximum atomic E-state index is 10.8. The van der Waals surface area contributed by atoms with E-state index in [1.54, 1.807) is 0 Å². The molecule has 1 aliphatic rings. The van der Waals surface area contributed by atoms with Crippen LogP contribution in [-0.2, 0) is 0 Å². The van der Waals surface area contributed by atoms with Crippen LogP contribution < -0.4 is 11.1 Å². The molecule has 0 saturated heterocycles. The average Bonchev–Trinajstić information content (AvgIpc) is 2.87. The summed E-state index contributed by atoms with van der Waals surface area (Å²) in [7, 11) is 0. The smallest absolute Gasteiger partial charge is 0.293 e. The summed E-state index contributed by atoms with van der Waals surface area (Å²) in [4.78, 5) is 10.3. The fourth-order valence-electron chi connectivity index (χ4n) is 1.38. The van der Waals surface area contributed by atoms with E-state index in [1.807, 2.05) is 0 Å². The molecule has 5 nitrogen and oxygen atoms in total. The fraction of sp³-hybridized carbons (Fsp3) is 0.333. The molecule has 1 aromatic rings. The molecule has 0 spiro atoms. The molecule has 7 heteroatoms. The topological polar surface area (TPSA) is 81.2 Å². The molecule has 2 unspecified atom stereocenters. The van der Waals surface area contributed by atoms with Gasteiger partial charge in [-0.25, -0.2) is 0 Å². The van der Waals surface area contributed by atoms with Gasteiger partial charge in [0.2, 0.25) is 0 Å². The van der Waals surface area contributed by atoms with Gasteiger partial charge in [-0.05, 0) is 12.5 Å². The monoisotopic (exact) mass is 261 g/mol. The van der Waals surface area contributed by atoms with Crippen LogP contribution in [-0.4, -0.2) is 17.0 Å². The minimum Gasteiger partial charge on any atom is -0.375 e. The zero-order valence-corrected chi connectivity index (χ0v) is 9.63. The van der Waals surface area contributed by atoms with E-state index in [0.29, 0.717) is 5.69 Å². The Morgan fingerprint density at radius 3 is 2.50 bits per heavy atom. The second kappa shape index (κ2) is 4.08. The van der Waals surface area contributed by atoms with Crippen molar-refractivity contribution in [2.75, 3.05) is 5.32 Å². The van der Waals surface area contributed by atoms with E-state index in [2.05, 4.69) is 5.32 Å². The first-order valence-electron chi connectivity index (χ1n) is 4.64. The third kappa shape index (κ3) is 2.21. The van der Waals surface area contributed by atoms with Gasteiger partial charge in [-0.15, -0.1) is 0 Å². The summed E-state index contributed by atoms with van der Waals surface area (Å²) in [5.41, 5.74) is 5.89. The summed E-state index contributed by atoms with van der Waals surface area (Å²) in [6.07, 6.45) is 0.803. The Hall–Kier alpha value is -1.04. The highest BCUT2D eigenvalue weighted by molar-refractivity contribution is 6.42. The first kappa shape index (κ1) is 11.4. The second-order valence-electron chi connectivity index (χ2n) is 3.69. The largest absolute Gasteiger partial charge is 0.375 e. The normalized spacial score (nSPS) is 22.9. The van der Waals surface area contributed by atoms with Crippen molar-refractivity contribution in [2.45, 2.75) is 18.5 Å². The predicted molar refractivity (Wildman–Crippen MR) is 63.1 cm³/mol. The van der Waals surface area contributed by atoms with E-state index >= 15 is 0 Å². The van der Waals surface area contributed by atoms with Crippen LogP contribution in [0, 0.1) is 10.1 Å². The van der Waals surface area contributed by atoms with E-state index in [1.165, 1.54) is 12.1 Å². The highest BCUT2D eigenvalue weighted by Crippen LogP contribution is 2.36. The fourth-order valence-corrected chi connectivity index (χ4v) is 1.70. The first-order chi connectivity index (χ1) is 7.49. The number of rotatable bonds is 3. The van der Waals surface area contributed by atoms with Crippen molar-refractivity contribution in [1.29, 1.82) is 0 Å². The van der Waals surface area contributed by atoms with Crippen LogP contribution in [0.5, 0.6) is 0 Å². The van der Waals surface area contributed by atoms with Crippen molar-refractivity contribution >= 4 is 34.6 Å². The van der Waals surface area contributed by atoms with Crippen LogP contribution in [0.4, 0.5) is 11.4 Å². The molecule has 2 atom stereocenters. The van der Waals surface area contributed by atoms with Crippen molar-refractivity contribution < 1.29 is 4.92 Å². The number of nitro groups is 1. The van der Waals surface area contributed by atoms with Crippen molar-refractivity contribution in [3.05, 3.63) is 32.3 Å². The maximum absolute atomic E-state index is 10.8. The highest BCUT2D eigenvalue weighted by Gasteiger charge is 2.35. The minimum atomic E-state index is -0.502. The molecule has 0 aromatic heterocycles. The van der Waals surface area contributed by atoms with Crippen LogP contribution in [0.2, 0.25) is 10.0 Å². The summed E-state index contributed by atoms with van der Waals surface area (Å²) < 4.78 is 0. The summed E-state index contributed by atoms with van der Waals surface area (Å²) in [5, 5.41) is 14.2. The highest BCUT2D eigenvalue weighted by atomic mass is 35.5. The lowest BCUT2D eigenvalue weighted by Gasteiger charge is -2.07. The molecule has 0 heterocycles. The average molecular weight is 262 g/mol. The Balaban J connectivity index is 2.33. The van der Waals surface area contributed by atoms with Crippen molar-refractivity contribution in [3.63, 3.8) is 0 Å². The number of nitro benzene ring substituents is 1. The zero-order chi connectivity index (χ0) is 11.9. The lowest BCUT2D eigenvalue weighted by molar-refractivity contribution is -0.383. The summed E-state index contributed by atoms with van der Waals surface area (Å²) >= 11 is 11.5. The number of benzene rings is 1. The SMILES string of the molecule is NC1CC1Nc1cc(Cl)c(Cl)cc1[N+](=O)[O-]. The van der Waals surface area contributed by atoms with Crippen molar-refractivity contribution in [3.8, 4) is 0 Å². The van der Waals surface area contributed by atoms with E-state index < -0.39 is 4.92 Å². The number of halogens is 2. The summed E-state index contributed by atoms with van der Waals surface area (Å²) in [6, 6.07) is 2.82. The standard InChI is InChI=1S/C9H9Cl2N3O2/c10-4-1-8(13-7-3-6(7)12)9(14(15)16)2-5(4)11/h1-2,6-7,13H,3,12H2. The second-order valence-corrected chi connectivity index (χ2v) is 4.51. The Morgan fingerprint density at radius 1 is 1.44 bits per heavy atom. The number of anilines is 1. The number of nitrogens with one attached hydrogen (secondary N) is 1. The molecule has 1 aliphatic carbocycles. The lowest BCUT2D eigenvalue weighted by Crippen LogP contribution is -2.14. The Labute approximate surface area is 102 Å². The third-order valence-electron chi connectivity index (χ3n) is 2.42. The van der Waals surface area contributed by atoms with E-state index in [9.17, 15) is 10.1 Å². The van der Waals surface area contributed by atoms with Gasteiger partial charge >= 0.3 is 0 Å². The molecule has 1 saturated carbocycles. The number of hydrogen-bond donors (Lipinski definition) is 2. The Kier molecular flexibility index (Phi) is 2.92. The molecule has 0 amide bonds. The van der Waals surface area contributed by atoms with Crippen molar-refractivity contribution in [2.24, 2.45) is 5.73 Å². The molecule has 2 rings (SSSR count). The van der Waals surface area contributed by atoms with Crippen molar-refractivity contribution in [1.82, 2.24) is 0 Å². The number of nitrogens with zero attached hydrogens (tertiary/aromatic N) is 1. The van der Waals surface area contributed by atoms with Crippen LogP contribution in [0.3, 0.4) is 0 Å². The van der Waals surface area contributed by atoms with Gasteiger partial charge in [-0.1, -0.05) is 23.2 Å². The Bertz CT molecular complexity index is 453. The molecule has 1 aromatic carbocycles. The van der Waals surface area contributed by atoms with Gasteiger partial charge in [0.1, 0.15) is 5.69 Å². The van der Waals surface area contributed by atoms with Crippen LogP contribution in [0.15, 0.2) is 12.1 Å². The van der Waals surface area contributed by atoms with E-state index in [0.717, 1.165) is 6.42 Å². The van der Waals surface area contributed by atoms with Gasteiger partial charge in [0.05, 0.1) is 15.0 Å². The van der Waals surface area contributed by atoms with Gasteiger partial charge in [-0.2, -0.15) is 0 Å². The maximum Gasteiger partial charge on any atom is 0.293 e. The number of nitrogens with two attached hydrogens (primary N) is 1. The lowest BCUT2D eigenvalue weighted by atomic mass is 10.2. The number of hydrogen-bond acceptors (Lipinski definition) is 4. The molecule has 86 valence electrons. The van der Waals surface area contributed by atoms with Crippen LogP contribution in [0.25, 0.3) is 0 Å². The predicted octanol–water partition coefficient (Wildman–Crippen LogP) is 2.41. The van der Waals surface area contributed by atoms with Gasteiger partial charge in [0.15, 0.2) is 0 Å². The molecule has 3 N–H and O–H groups in total. The summed E-state index contributed by atoms with van der Waals surface area (Å²) in [5.74, 6) is 0. The Morgan fingerprint density at radius 2 is 2.00 bits per heavy atom. The molecule has 0 aliphatic heterocycles. The molecular weight excluding hydrogens is 253 g/mol. The quantitative estimate of drug-likeness (QED) is 0.647. The molecule has 0 bridgehead atoms. The molecule has 16 heavy (non-hydrogen) atoms. The van der Waals surface area contributed by atoms with Gasteiger partial charge < -0.3 is 11.1 Å². The van der Waals surface area contributed by atoms with E-state index in [4.69, 9.17) is 28.9 Å². The van der Waals surface area contributed by atoms with E-state index in [-0.39, 0.29) is 27.8 Å². The van der Waals surface area contributed by atoms with Crippen LogP contribution in [0.1, 0.15) is 6.42 Å². The van der Waals surface area contributed by atoms with Gasteiger partial charge in [-0.3, -0.25) is 10.1 Å². The molecule has 0 radical (unpaired) electrons. The molecule has 1 fully saturated rings. The van der Waals surface area contributed by atoms with Crippen LogP contribution >= 0.6 is 23.2 Å². The summed E-state index contributed by atoms with van der Waals surface area (Å²) in [6.45, 7) is 0. The zero-order valence-electron chi connectivity index (χ0n) is 8.11.